The molecule has 0 aliphatic carbocycles. The van der Waals surface area contributed by atoms with Gasteiger partial charge in [0.2, 0.25) is 15.9 Å². The lowest BCUT2D eigenvalue weighted by molar-refractivity contribution is -0.147. The highest BCUT2D eigenvalue weighted by molar-refractivity contribution is 7.89. The zero-order valence-corrected chi connectivity index (χ0v) is 24.3. The number of amides is 1. The summed E-state index contributed by atoms with van der Waals surface area (Å²) in [5.41, 5.74) is -4.39. The van der Waals surface area contributed by atoms with E-state index in [1.54, 1.807) is 0 Å². The number of hydrogen-bond donors (Lipinski definition) is 2. The summed E-state index contributed by atoms with van der Waals surface area (Å²) in [5.74, 6) is -3.60. The first-order valence-electron chi connectivity index (χ1n) is 12.4. The van der Waals surface area contributed by atoms with Gasteiger partial charge >= 0.3 is 6.18 Å². The van der Waals surface area contributed by atoms with Crippen LogP contribution in [0.1, 0.15) is 62.5 Å². The maximum absolute atomic E-state index is 15.5. The Morgan fingerprint density at radius 1 is 1.23 bits per heavy atom. The molecule has 1 fully saturated rings. The van der Waals surface area contributed by atoms with Crippen molar-refractivity contribution in [1.29, 1.82) is 0 Å². The summed E-state index contributed by atoms with van der Waals surface area (Å²) in [5, 5.41) is 17.3. The van der Waals surface area contributed by atoms with Gasteiger partial charge in [0, 0.05) is 18.0 Å². The number of nitrogens with one attached hydrogen (secondary N) is 1. The molecular weight excluding hydrogens is 635 g/mol. The molecule has 3 heterocycles. The number of thiazole rings is 1. The van der Waals surface area contributed by atoms with Crippen molar-refractivity contribution in [2.75, 3.05) is 6.54 Å². The number of aliphatic hydroxyl groups is 1. The van der Waals surface area contributed by atoms with Gasteiger partial charge < -0.3 is 14.4 Å². The molecule has 0 spiro atoms. The first-order valence-corrected chi connectivity index (χ1v) is 14.7. The van der Waals surface area contributed by atoms with Crippen LogP contribution in [0.15, 0.2) is 21.4 Å². The molecular formula is C24H24F7N5O5S2. The minimum Gasteiger partial charge on any atom is -0.415 e. The van der Waals surface area contributed by atoms with Crippen LogP contribution in [-0.4, -0.2) is 70.5 Å². The van der Waals surface area contributed by atoms with Crippen molar-refractivity contribution in [2.24, 2.45) is 0 Å². The van der Waals surface area contributed by atoms with Crippen molar-refractivity contribution >= 4 is 27.3 Å². The van der Waals surface area contributed by atoms with E-state index in [0.29, 0.717) is 30.4 Å². The van der Waals surface area contributed by atoms with E-state index in [0.717, 1.165) is 4.90 Å². The van der Waals surface area contributed by atoms with Gasteiger partial charge in [-0.1, -0.05) is 6.07 Å². The summed E-state index contributed by atoms with van der Waals surface area (Å²) in [4.78, 5) is 16.8. The van der Waals surface area contributed by atoms with Crippen molar-refractivity contribution < 1.29 is 53.5 Å². The molecule has 1 aliphatic heterocycles. The van der Waals surface area contributed by atoms with Crippen LogP contribution in [0, 0.1) is 5.82 Å². The van der Waals surface area contributed by atoms with Gasteiger partial charge in [-0.05, 0) is 33.8 Å². The quantitative estimate of drug-likeness (QED) is 0.324. The number of hydrogen-bond acceptors (Lipinski definition) is 9. The number of alkyl halides is 6. The third kappa shape index (κ3) is 6.53. The highest BCUT2D eigenvalue weighted by Crippen LogP contribution is 2.43. The molecule has 0 radical (unpaired) electrons. The van der Waals surface area contributed by atoms with Gasteiger partial charge in [-0.2, -0.15) is 17.9 Å². The van der Waals surface area contributed by atoms with E-state index in [4.69, 9.17) is 4.42 Å². The summed E-state index contributed by atoms with van der Waals surface area (Å²) in [7, 11) is -5.29. The molecule has 1 unspecified atom stereocenters. The third-order valence-electron chi connectivity index (χ3n) is 6.47. The van der Waals surface area contributed by atoms with Crippen molar-refractivity contribution in [3.8, 4) is 21.3 Å². The molecule has 1 amide bonds. The van der Waals surface area contributed by atoms with Crippen LogP contribution in [0.3, 0.4) is 0 Å². The SMILES string of the molecule is C[C@H](NS(=O)(=O)c1ccc(-c2sc(-c3nnc(C(C)(C)O)o3)nc2C(=O)N2CC(F)C[C@@H]2C)c(C(F)F)c1F)C(F)(F)F. The highest BCUT2D eigenvalue weighted by Gasteiger charge is 2.41. The second-order valence-corrected chi connectivity index (χ2v) is 13.0. The van der Waals surface area contributed by atoms with E-state index in [-0.39, 0.29) is 29.8 Å². The van der Waals surface area contributed by atoms with E-state index in [1.807, 2.05) is 0 Å². The topological polar surface area (TPSA) is 139 Å². The highest BCUT2D eigenvalue weighted by atomic mass is 32.2. The monoisotopic (exact) mass is 659 g/mol. The lowest BCUT2D eigenvalue weighted by Gasteiger charge is -2.21. The molecule has 0 bridgehead atoms. The Kier molecular flexibility index (Phi) is 8.68. The third-order valence-corrected chi connectivity index (χ3v) is 9.10. The van der Waals surface area contributed by atoms with Gasteiger partial charge in [-0.3, -0.25) is 4.79 Å². The lowest BCUT2D eigenvalue weighted by atomic mass is 10.0. The Morgan fingerprint density at radius 3 is 2.40 bits per heavy atom. The number of sulfonamides is 1. The lowest BCUT2D eigenvalue weighted by Crippen LogP contribution is -2.43. The minimum atomic E-state index is -5.29. The predicted octanol–water partition coefficient (Wildman–Crippen LogP) is 4.97. The van der Waals surface area contributed by atoms with E-state index < -0.39 is 84.8 Å². The Bertz CT molecular complexity index is 1640. The van der Waals surface area contributed by atoms with Gasteiger partial charge in [-0.15, -0.1) is 21.5 Å². The summed E-state index contributed by atoms with van der Waals surface area (Å²) in [6, 6.07) is -2.13. The smallest absolute Gasteiger partial charge is 0.404 e. The Morgan fingerprint density at radius 2 is 1.88 bits per heavy atom. The fraction of sp³-hybridized carbons (Fsp3) is 0.500. The first-order chi connectivity index (χ1) is 19.7. The average molecular weight is 660 g/mol. The molecule has 1 saturated heterocycles. The van der Waals surface area contributed by atoms with Crippen LogP contribution in [0.4, 0.5) is 30.7 Å². The molecule has 1 aliphatic rings. The normalized spacial score (nSPS) is 19.0. The fourth-order valence-electron chi connectivity index (χ4n) is 4.24. The van der Waals surface area contributed by atoms with Crippen LogP contribution >= 0.6 is 11.3 Å². The van der Waals surface area contributed by atoms with Gasteiger partial charge in [0.05, 0.1) is 17.0 Å². The predicted molar refractivity (Wildman–Crippen MR) is 137 cm³/mol. The zero-order chi connectivity index (χ0) is 32.2. The van der Waals surface area contributed by atoms with E-state index in [1.165, 1.54) is 25.5 Å². The van der Waals surface area contributed by atoms with Gasteiger partial charge in [0.25, 0.3) is 18.2 Å². The molecule has 10 nitrogen and oxygen atoms in total. The van der Waals surface area contributed by atoms with Gasteiger partial charge in [0.15, 0.2) is 10.8 Å². The summed E-state index contributed by atoms with van der Waals surface area (Å²) in [6.07, 6.45) is -10.2. The van der Waals surface area contributed by atoms with E-state index in [2.05, 4.69) is 15.2 Å². The number of carbonyl (C=O) groups excluding carboxylic acids is 1. The van der Waals surface area contributed by atoms with Crippen LogP contribution in [0.25, 0.3) is 21.3 Å². The van der Waals surface area contributed by atoms with Crippen molar-refractivity contribution in [3.05, 3.63) is 35.1 Å². The van der Waals surface area contributed by atoms with Crippen molar-refractivity contribution in [2.45, 2.75) is 75.5 Å². The second kappa shape index (κ2) is 11.4. The number of rotatable bonds is 8. The zero-order valence-electron chi connectivity index (χ0n) is 22.7. The largest absolute Gasteiger partial charge is 0.415 e. The molecule has 1 aromatic carbocycles. The van der Waals surface area contributed by atoms with Crippen molar-refractivity contribution in [1.82, 2.24) is 24.8 Å². The molecule has 2 N–H and O–H groups in total. The van der Waals surface area contributed by atoms with Crippen LogP contribution in [-0.2, 0) is 15.6 Å². The molecule has 3 aromatic rings. The molecule has 0 saturated carbocycles. The Balaban J connectivity index is 1.90. The number of halogens is 7. The summed E-state index contributed by atoms with van der Waals surface area (Å²) in [6.45, 7) is 4.28. The van der Waals surface area contributed by atoms with Gasteiger partial charge in [-0.25, -0.2) is 31.0 Å². The van der Waals surface area contributed by atoms with E-state index in [9.17, 15) is 44.7 Å². The summed E-state index contributed by atoms with van der Waals surface area (Å²) >= 11 is 0.502. The average Bonchev–Trinajstić information content (AvgIpc) is 3.60. The van der Waals surface area contributed by atoms with Gasteiger partial charge in [0.1, 0.15) is 28.4 Å². The van der Waals surface area contributed by atoms with Crippen LogP contribution < -0.4 is 4.72 Å². The van der Waals surface area contributed by atoms with Crippen LogP contribution in [0.2, 0.25) is 0 Å². The molecule has 43 heavy (non-hydrogen) atoms. The number of carbonyl (C=O) groups is 1. The molecule has 4 rings (SSSR count). The molecule has 3 atom stereocenters. The fourth-order valence-corrected chi connectivity index (χ4v) is 6.57. The number of likely N-dealkylation sites (tertiary alicyclic amines) is 1. The van der Waals surface area contributed by atoms with Crippen LogP contribution in [0.5, 0.6) is 0 Å². The van der Waals surface area contributed by atoms with E-state index >= 15 is 4.39 Å². The van der Waals surface area contributed by atoms with Crippen molar-refractivity contribution in [3.63, 3.8) is 0 Å². The number of aromatic nitrogens is 3. The minimum absolute atomic E-state index is 0.0243. The molecule has 236 valence electrons. The maximum Gasteiger partial charge on any atom is 0.404 e. The maximum atomic E-state index is 15.5. The number of nitrogens with zero attached hydrogens (tertiary/aromatic N) is 4. The summed E-state index contributed by atoms with van der Waals surface area (Å²) < 4.78 is 129. The number of benzene rings is 1. The Labute approximate surface area is 244 Å². The molecule has 19 heteroatoms. The molecule has 2 aromatic heterocycles. The Hall–Kier alpha value is -3.16. The first kappa shape index (κ1) is 32.7. The second-order valence-electron chi connectivity index (χ2n) is 10.3. The standard InChI is InChI=1S/C24H24F7N5O5S2/c1-9-7-11(25)8-36(9)21(37)16-17(42-20(32-16)19-33-34-22(41-19)23(3,4)38)12-5-6-13(15(26)14(12)18(27)28)43(39,40)35-10(2)24(29,30)31/h5-6,9-11,18,35,38H,7-8H2,1-4H3/t9-,10-,11?/m0/s1.